The lowest BCUT2D eigenvalue weighted by Crippen LogP contribution is -2.60. The second-order valence-electron chi connectivity index (χ2n) is 8.35. The second-order valence-corrected chi connectivity index (χ2v) is 13.2. The van der Waals surface area contributed by atoms with Gasteiger partial charge in [-0.25, -0.2) is 4.79 Å². The molecule has 3 N–H and O–H groups in total. The average molecular weight is 399 g/mol. The van der Waals surface area contributed by atoms with Crippen LogP contribution in [-0.4, -0.2) is 66.9 Å². The van der Waals surface area contributed by atoms with Gasteiger partial charge in [-0.3, -0.25) is 0 Å². The molecule has 1 heterocycles. The minimum absolute atomic E-state index is 0.0302. The largest absolute Gasteiger partial charge is 0.450 e. The minimum Gasteiger partial charge on any atom is -0.450 e. The Bertz CT molecular complexity index is 629. The van der Waals surface area contributed by atoms with Crippen LogP contribution in [0.2, 0.25) is 18.1 Å². The molecule has 0 unspecified atom stereocenters. The van der Waals surface area contributed by atoms with Gasteiger partial charge in [0, 0.05) is 0 Å². The molecule has 1 aromatic rings. The van der Waals surface area contributed by atoms with Gasteiger partial charge in [0.2, 0.25) is 0 Å². The van der Waals surface area contributed by atoms with E-state index in [1.54, 1.807) is 30.3 Å². The summed E-state index contributed by atoms with van der Waals surface area (Å²) in [5, 5.41) is 30.9. The van der Waals surface area contributed by atoms with Crippen LogP contribution in [0.3, 0.4) is 0 Å². The van der Waals surface area contributed by atoms with Crippen molar-refractivity contribution in [3.8, 4) is 0 Å². The lowest BCUT2D eigenvalue weighted by atomic mass is 9.99. The van der Waals surface area contributed by atoms with Gasteiger partial charge in [0.1, 0.15) is 18.3 Å². The van der Waals surface area contributed by atoms with Gasteiger partial charge in [-0.05, 0) is 30.3 Å². The van der Waals surface area contributed by atoms with Crippen molar-refractivity contribution in [2.45, 2.75) is 69.6 Å². The monoisotopic (exact) mass is 398 g/mol. The SMILES string of the molecule is CC(C)(C)[Si](C)(C)OC[C@H]1O[C@H](O)[C@H](OC(=O)c2ccccc2)[C@@H](O)[C@@H]1O. The summed E-state index contributed by atoms with van der Waals surface area (Å²) < 4.78 is 16.6. The molecule has 1 aliphatic heterocycles. The van der Waals surface area contributed by atoms with E-state index in [1.165, 1.54) is 0 Å². The number of carbonyl (C=O) groups is 1. The van der Waals surface area contributed by atoms with Crippen molar-refractivity contribution in [2.75, 3.05) is 6.61 Å². The third-order valence-corrected chi connectivity index (χ3v) is 9.83. The molecule has 1 fully saturated rings. The van der Waals surface area contributed by atoms with Gasteiger partial charge in [-0.2, -0.15) is 0 Å². The molecule has 0 saturated carbocycles. The van der Waals surface area contributed by atoms with Crippen molar-refractivity contribution in [3.63, 3.8) is 0 Å². The summed E-state index contributed by atoms with van der Waals surface area (Å²) in [6.07, 6.45) is -6.72. The van der Waals surface area contributed by atoms with Crippen molar-refractivity contribution in [2.24, 2.45) is 0 Å². The summed E-state index contributed by atoms with van der Waals surface area (Å²) in [5.41, 5.74) is 0.273. The maximum absolute atomic E-state index is 12.2. The second kappa shape index (κ2) is 8.38. The maximum Gasteiger partial charge on any atom is 0.338 e. The van der Waals surface area contributed by atoms with E-state index in [2.05, 4.69) is 33.9 Å². The fourth-order valence-corrected chi connectivity index (χ4v) is 3.47. The summed E-state index contributed by atoms with van der Waals surface area (Å²) in [6, 6.07) is 8.20. The van der Waals surface area contributed by atoms with Gasteiger partial charge in [0.25, 0.3) is 0 Å². The fraction of sp³-hybridized carbons (Fsp3) is 0.632. The normalized spacial score (nSPS) is 29.4. The van der Waals surface area contributed by atoms with Crippen LogP contribution in [0.25, 0.3) is 0 Å². The number of benzene rings is 1. The summed E-state index contributed by atoms with van der Waals surface area (Å²) in [5.74, 6) is -0.717. The lowest BCUT2D eigenvalue weighted by molar-refractivity contribution is -0.284. The van der Waals surface area contributed by atoms with Gasteiger partial charge < -0.3 is 29.2 Å². The van der Waals surface area contributed by atoms with E-state index in [0.29, 0.717) is 0 Å². The van der Waals surface area contributed by atoms with Crippen molar-refractivity contribution in [1.29, 1.82) is 0 Å². The highest BCUT2D eigenvalue weighted by molar-refractivity contribution is 6.74. The maximum atomic E-state index is 12.2. The molecule has 1 saturated heterocycles. The molecular formula is C19H30O7Si. The third-order valence-electron chi connectivity index (χ3n) is 5.33. The Morgan fingerprint density at radius 3 is 2.26 bits per heavy atom. The molecule has 27 heavy (non-hydrogen) atoms. The molecule has 0 amide bonds. The van der Waals surface area contributed by atoms with Crippen LogP contribution in [0.1, 0.15) is 31.1 Å². The van der Waals surface area contributed by atoms with Crippen LogP contribution in [0.4, 0.5) is 0 Å². The average Bonchev–Trinajstić information content (AvgIpc) is 2.60. The topological polar surface area (TPSA) is 105 Å². The Morgan fingerprint density at radius 2 is 1.70 bits per heavy atom. The first-order valence-corrected chi connectivity index (χ1v) is 11.9. The smallest absolute Gasteiger partial charge is 0.338 e. The third kappa shape index (κ3) is 5.16. The van der Waals surface area contributed by atoms with Gasteiger partial charge in [-0.1, -0.05) is 39.0 Å². The van der Waals surface area contributed by atoms with Crippen molar-refractivity contribution < 1.29 is 34.0 Å². The Morgan fingerprint density at radius 1 is 1.11 bits per heavy atom. The number of aliphatic hydroxyl groups excluding tert-OH is 3. The Balaban J connectivity index is 2.00. The fourth-order valence-electron chi connectivity index (χ4n) is 2.46. The quantitative estimate of drug-likeness (QED) is 0.512. The van der Waals surface area contributed by atoms with E-state index < -0.39 is 45.0 Å². The van der Waals surface area contributed by atoms with Crippen LogP contribution in [0.15, 0.2) is 30.3 Å². The molecular weight excluding hydrogens is 368 g/mol. The number of hydrogen-bond donors (Lipinski definition) is 3. The minimum atomic E-state index is -2.09. The lowest BCUT2D eigenvalue weighted by Gasteiger charge is -2.42. The van der Waals surface area contributed by atoms with E-state index in [4.69, 9.17) is 13.9 Å². The highest BCUT2D eigenvalue weighted by Crippen LogP contribution is 2.37. The van der Waals surface area contributed by atoms with Crippen LogP contribution in [-0.2, 0) is 13.9 Å². The number of esters is 1. The van der Waals surface area contributed by atoms with Crippen molar-refractivity contribution in [3.05, 3.63) is 35.9 Å². The molecule has 8 heteroatoms. The predicted octanol–water partition coefficient (Wildman–Crippen LogP) is 1.67. The van der Waals surface area contributed by atoms with Gasteiger partial charge in [-0.15, -0.1) is 0 Å². The first-order chi connectivity index (χ1) is 12.4. The first kappa shape index (κ1) is 22.0. The van der Waals surface area contributed by atoms with Crippen molar-refractivity contribution in [1.82, 2.24) is 0 Å². The molecule has 1 aliphatic rings. The number of hydrogen-bond acceptors (Lipinski definition) is 7. The molecule has 0 aliphatic carbocycles. The molecule has 152 valence electrons. The highest BCUT2D eigenvalue weighted by Gasteiger charge is 2.47. The number of aliphatic hydroxyl groups is 3. The van der Waals surface area contributed by atoms with Crippen LogP contribution in [0, 0.1) is 0 Å². The Hall–Kier alpha value is -1.29. The summed E-state index contributed by atoms with van der Waals surface area (Å²) >= 11 is 0. The molecule has 5 atom stereocenters. The standard InChI is InChI=1S/C19H30O7Si/c1-19(2,3)27(4,5)24-11-13-14(20)15(21)16(18(23)25-13)26-17(22)12-9-7-6-8-10-12/h6-10,13-16,18,20-21,23H,11H2,1-5H3/t13-,14-,15+,16-,18+/m1/s1. The van der Waals surface area contributed by atoms with Gasteiger partial charge >= 0.3 is 5.97 Å². The number of carbonyl (C=O) groups excluding carboxylic acids is 1. The van der Waals surface area contributed by atoms with E-state index in [1.807, 2.05) is 0 Å². The summed E-state index contributed by atoms with van der Waals surface area (Å²) in [7, 11) is -2.09. The van der Waals surface area contributed by atoms with E-state index >= 15 is 0 Å². The van der Waals surface area contributed by atoms with Crippen LogP contribution < -0.4 is 0 Å². The zero-order valence-corrected chi connectivity index (χ0v) is 17.5. The number of rotatable bonds is 5. The zero-order chi connectivity index (χ0) is 20.4. The van der Waals surface area contributed by atoms with Gasteiger partial charge in [0.15, 0.2) is 20.7 Å². The summed E-state index contributed by atoms with van der Waals surface area (Å²) in [6.45, 7) is 10.4. The first-order valence-electron chi connectivity index (χ1n) is 9.04. The molecule has 0 spiro atoms. The van der Waals surface area contributed by atoms with E-state index in [-0.39, 0.29) is 17.2 Å². The molecule has 2 rings (SSSR count). The predicted molar refractivity (Wildman–Crippen MR) is 102 cm³/mol. The Labute approximate surface area is 161 Å². The summed E-state index contributed by atoms with van der Waals surface area (Å²) in [4.78, 5) is 12.2. The Kier molecular flexibility index (Phi) is 6.83. The molecule has 0 radical (unpaired) electrons. The van der Waals surface area contributed by atoms with Crippen molar-refractivity contribution >= 4 is 14.3 Å². The molecule has 7 nitrogen and oxygen atoms in total. The van der Waals surface area contributed by atoms with Crippen LogP contribution >= 0.6 is 0 Å². The number of ether oxygens (including phenoxy) is 2. The zero-order valence-electron chi connectivity index (χ0n) is 16.5. The van der Waals surface area contributed by atoms with Gasteiger partial charge in [0.05, 0.1) is 12.2 Å². The van der Waals surface area contributed by atoms with Crippen LogP contribution in [0.5, 0.6) is 0 Å². The van der Waals surface area contributed by atoms with E-state index in [9.17, 15) is 20.1 Å². The molecule has 0 bridgehead atoms. The van der Waals surface area contributed by atoms with E-state index in [0.717, 1.165) is 0 Å². The highest BCUT2D eigenvalue weighted by atomic mass is 28.4. The molecule has 0 aromatic heterocycles. The molecule has 1 aromatic carbocycles.